The van der Waals surface area contributed by atoms with Crippen molar-refractivity contribution < 1.29 is 0 Å². The zero-order valence-corrected chi connectivity index (χ0v) is 13.2. The number of aromatic nitrogens is 2. The number of hydrogen-bond donors (Lipinski definition) is 1. The van der Waals surface area contributed by atoms with Gasteiger partial charge in [0.15, 0.2) is 0 Å². The summed E-state index contributed by atoms with van der Waals surface area (Å²) in [6.07, 6.45) is 4.02. The summed E-state index contributed by atoms with van der Waals surface area (Å²) >= 11 is 3.50. The molecule has 0 spiro atoms. The van der Waals surface area contributed by atoms with E-state index in [4.69, 9.17) is 5.73 Å². The minimum Gasteiger partial charge on any atom is -0.326 e. The number of hydrogen-bond acceptors (Lipinski definition) is 3. The van der Waals surface area contributed by atoms with Crippen molar-refractivity contribution in [3.05, 3.63) is 34.7 Å². The van der Waals surface area contributed by atoms with Crippen LogP contribution in [0.5, 0.6) is 0 Å². The van der Waals surface area contributed by atoms with E-state index in [1.165, 1.54) is 5.69 Å². The molecule has 2 N–H and O–H groups in total. The van der Waals surface area contributed by atoms with Crippen LogP contribution in [-0.4, -0.2) is 33.4 Å². The highest BCUT2D eigenvalue weighted by molar-refractivity contribution is 9.10. The molecule has 2 aromatic heterocycles. The molecule has 0 amide bonds. The summed E-state index contributed by atoms with van der Waals surface area (Å²) in [5, 5.41) is 0. The van der Waals surface area contributed by atoms with E-state index >= 15 is 0 Å². The lowest BCUT2D eigenvalue weighted by molar-refractivity contribution is 0.314. The van der Waals surface area contributed by atoms with E-state index in [1.807, 2.05) is 18.3 Å². The maximum Gasteiger partial charge on any atom is 0.136 e. The van der Waals surface area contributed by atoms with Gasteiger partial charge in [-0.2, -0.15) is 0 Å². The van der Waals surface area contributed by atoms with Crippen LogP contribution in [0.15, 0.2) is 29.0 Å². The summed E-state index contributed by atoms with van der Waals surface area (Å²) in [7, 11) is 0. The molecule has 1 fully saturated rings. The molecule has 0 bridgehead atoms. The largest absolute Gasteiger partial charge is 0.326 e. The minimum absolute atomic E-state index is 0. The Hall–Kier alpha value is -0.620. The van der Waals surface area contributed by atoms with Gasteiger partial charge in [-0.3, -0.25) is 4.90 Å². The molecule has 1 saturated heterocycles. The van der Waals surface area contributed by atoms with Gasteiger partial charge < -0.3 is 10.1 Å². The number of pyridine rings is 1. The monoisotopic (exact) mass is 344 g/mol. The normalized spacial score (nSPS) is 23.7. The van der Waals surface area contributed by atoms with Crippen molar-refractivity contribution in [3.63, 3.8) is 0 Å². The molecule has 2 atom stereocenters. The van der Waals surface area contributed by atoms with E-state index in [0.29, 0.717) is 12.0 Å². The topological polar surface area (TPSA) is 46.6 Å². The Morgan fingerprint density at radius 1 is 1.42 bits per heavy atom. The highest BCUT2D eigenvalue weighted by Crippen LogP contribution is 2.19. The molecule has 1 aliphatic rings. The fraction of sp³-hybridized carbons (Fsp3) is 0.462. The summed E-state index contributed by atoms with van der Waals surface area (Å²) in [6.45, 7) is 5.18. The van der Waals surface area contributed by atoms with Crippen LogP contribution >= 0.6 is 28.3 Å². The van der Waals surface area contributed by atoms with Crippen molar-refractivity contribution in [2.75, 3.05) is 13.1 Å². The fourth-order valence-corrected chi connectivity index (χ4v) is 2.91. The second-order valence-corrected chi connectivity index (χ2v) is 6.08. The van der Waals surface area contributed by atoms with Gasteiger partial charge in [0.25, 0.3) is 0 Å². The smallest absolute Gasteiger partial charge is 0.136 e. The number of fused-ring (bicyclic) bond motifs is 1. The Kier molecular flexibility index (Phi) is 4.50. The predicted octanol–water partition coefficient (Wildman–Crippen LogP) is 2.30. The summed E-state index contributed by atoms with van der Waals surface area (Å²) in [4.78, 5) is 6.83. The molecule has 2 aromatic rings. The first-order chi connectivity index (χ1) is 8.63. The number of halogens is 2. The van der Waals surface area contributed by atoms with Gasteiger partial charge in [-0.05, 0) is 34.0 Å². The number of nitrogens with two attached hydrogens (primary N) is 1. The molecule has 0 radical (unpaired) electrons. The standard InChI is InChI=1S/C13H17BrN4.ClH/c1-9-5-17(8-12(9)15)7-11-4-16-13-3-2-10(14)6-18(11)13;/h2-4,6,9,12H,5,7-8,15H2,1H3;1H. The molecule has 1 aliphatic heterocycles. The van der Waals surface area contributed by atoms with Crippen molar-refractivity contribution >= 4 is 34.0 Å². The van der Waals surface area contributed by atoms with Crippen molar-refractivity contribution in [3.8, 4) is 0 Å². The van der Waals surface area contributed by atoms with Crippen molar-refractivity contribution in [2.24, 2.45) is 11.7 Å². The van der Waals surface area contributed by atoms with Crippen molar-refractivity contribution in [1.29, 1.82) is 0 Å². The highest BCUT2D eigenvalue weighted by Gasteiger charge is 2.26. The van der Waals surface area contributed by atoms with Crippen molar-refractivity contribution in [2.45, 2.75) is 19.5 Å². The first-order valence-electron chi connectivity index (χ1n) is 6.23. The van der Waals surface area contributed by atoms with Crippen LogP contribution in [0.3, 0.4) is 0 Å². The van der Waals surface area contributed by atoms with E-state index in [2.05, 4.69) is 43.3 Å². The average molecular weight is 346 g/mol. The molecule has 4 nitrogen and oxygen atoms in total. The van der Waals surface area contributed by atoms with Gasteiger partial charge >= 0.3 is 0 Å². The van der Waals surface area contributed by atoms with E-state index in [0.717, 1.165) is 29.8 Å². The molecule has 2 unspecified atom stereocenters. The lowest BCUT2D eigenvalue weighted by Crippen LogP contribution is -2.28. The summed E-state index contributed by atoms with van der Waals surface area (Å²) in [5.74, 6) is 0.580. The van der Waals surface area contributed by atoms with Crippen LogP contribution in [0.25, 0.3) is 5.65 Å². The second kappa shape index (κ2) is 5.79. The predicted molar refractivity (Wildman–Crippen MR) is 82.6 cm³/mol. The lowest BCUT2D eigenvalue weighted by atomic mass is 10.1. The minimum atomic E-state index is 0. The number of rotatable bonds is 2. The maximum atomic E-state index is 6.06. The average Bonchev–Trinajstić information content (AvgIpc) is 2.85. The van der Waals surface area contributed by atoms with Gasteiger partial charge in [0.05, 0.1) is 11.9 Å². The molecule has 0 saturated carbocycles. The van der Waals surface area contributed by atoms with Crippen LogP contribution in [-0.2, 0) is 6.54 Å². The lowest BCUT2D eigenvalue weighted by Gasteiger charge is -2.14. The molecule has 6 heteroatoms. The summed E-state index contributed by atoms with van der Waals surface area (Å²) in [6, 6.07) is 4.34. The molecule has 3 heterocycles. The molecule has 0 aromatic carbocycles. The van der Waals surface area contributed by atoms with Gasteiger partial charge in [-0.1, -0.05) is 6.92 Å². The van der Waals surface area contributed by atoms with Crippen LogP contribution in [0.2, 0.25) is 0 Å². The highest BCUT2D eigenvalue weighted by atomic mass is 79.9. The molecular formula is C13H18BrClN4. The molecule has 104 valence electrons. The maximum absolute atomic E-state index is 6.06. The first-order valence-corrected chi connectivity index (χ1v) is 7.02. The Labute approximate surface area is 127 Å². The fourth-order valence-electron chi connectivity index (χ4n) is 2.58. The van der Waals surface area contributed by atoms with Crippen LogP contribution in [0, 0.1) is 5.92 Å². The van der Waals surface area contributed by atoms with Crippen LogP contribution < -0.4 is 5.73 Å². The quantitative estimate of drug-likeness (QED) is 0.908. The number of nitrogens with zero attached hydrogens (tertiary/aromatic N) is 3. The second-order valence-electron chi connectivity index (χ2n) is 5.16. The first kappa shape index (κ1) is 14.8. The Morgan fingerprint density at radius 3 is 2.89 bits per heavy atom. The van der Waals surface area contributed by atoms with Crippen LogP contribution in [0.4, 0.5) is 0 Å². The number of likely N-dealkylation sites (tertiary alicyclic amines) is 1. The van der Waals surface area contributed by atoms with Crippen LogP contribution in [0.1, 0.15) is 12.6 Å². The summed E-state index contributed by atoms with van der Waals surface area (Å²) < 4.78 is 3.21. The third kappa shape index (κ3) is 2.94. The molecule has 3 rings (SSSR count). The molecule has 0 aliphatic carbocycles. The van der Waals surface area contributed by atoms with Gasteiger partial charge in [0.1, 0.15) is 5.65 Å². The third-order valence-corrected chi connectivity index (χ3v) is 4.15. The summed E-state index contributed by atoms with van der Waals surface area (Å²) in [5.41, 5.74) is 8.27. The van der Waals surface area contributed by atoms with E-state index in [-0.39, 0.29) is 12.4 Å². The van der Waals surface area contributed by atoms with E-state index in [1.54, 1.807) is 0 Å². The SMILES string of the molecule is CC1CN(Cc2cnc3ccc(Br)cn23)CC1N.Cl. The number of imidazole rings is 1. The Bertz CT molecular complexity index is 561. The zero-order chi connectivity index (χ0) is 12.7. The van der Waals surface area contributed by atoms with Gasteiger partial charge in [-0.25, -0.2) is 4.98 Å². The van der Waals surface area contributed by atoms with Gasteiger partial charge in [0.2, 0.25) is 0 Å². The van der Waals surface area contributed by atoms with E-state index in [9.17, 15) is 0 Å². The molecular weight excluding hydrogens is 328 g/mol. The Balaban J connectivity index is 0.00000133. The molecule has 19 heavy (non-hydrogen) atoms. The van der Waals surface area contributed by atoms with Gasteiger partial charge in [-0.15, -0.1) is 12.4 Å². The third-order valence-electron chi connectivity index (χ3n) is 3.68. The van der Waals surface area contributed by atoms with Gasteiger partial charge in [0, 0.05) is 36.3 Å². The Morgan fingerprint density at radius 2 is 2.21 bits per heavy atom. The van der Waals surface area contributed by atoms with Crippen molar-refractivity contribution in [1.82, 2.24) is 14.3 Å². The van der Waals surface area contributed by atoms with E-state index < -0.39 is 0 Å². The zero-order valence-electron chi connectivity index (χ0n) is 10.8.